The first-order chi connectivity index (χ1) is 8.20. The number of hydrogen-bond acceptors (Lipinski definition) is 3. The Morgan fingerprint density at radius 3 is 2.82 bits per heavy atom. The van der Waals surface area contributed by atoms with Crippen LogP contribution in [-0.2, 0) is 9.59 Å². The van der Waals surface area contributed by atoms with E-state index in [0.29, 0.717) is 19.0 Å². The van der Waals surface area contributed by atoms with Gasteiger partial charge in [-0.2, -0.15) is 0 Å². The maximum absolute atomic E-state index is 11.9. The Bertz CT molecular complexity index is 302. The van der Waals surface area contributed by atoms with Crippen molar-refractivity contribution < 1.29 is 9.59 Å². The maximum atomic E-state index is 11.9. The predicted octanol–water partition coefficient (Wildman–Crippen LogP) is -0.134. The van der Waals surface area contributed by atoms with Crippen LogP contribution in [0, 0.1) is 0 Å². The van der Waals surface area contributed by atoms with E-state index in [0.717, 1.165) is 32.4 Å². The number of nitrogens with one attached hydrogen (secondary N) is 2. The third kappa shape index (κ3) is 3.43. The van der Waals surface area contributed by atoms with Gasteiger partial charge >= 0.3 is 0 Å². The molecule has 2 fully saturated rings. The zero-order valence-electron chi connectivity index (χ0n) is 10.4. The molecule has 2 amide bonds. The van der Waals surface area contributed by atoms with Gasteiger partial charge < -0.3 is 15.5 Å². The zero-order chi connectivity index (χ0) is 12.3. The molecular formula is C12H21N3O2. The Hall–Kier alpha value is -1.10. The van der Waals surface area contributed by atoms with E-state index in [1.165, 1.54) is 0 Å². The second-order valence-corrected chi connectivity index (χ2v) is 4.82. The summed E-state index contributed by atoms with van der Waals surface area (Å²) in [5, 5.41) is 6.10. The molecule has 1 saturated heterocycles. The standard InChI is InChI=1S/C12H21N3O2/c1-2-13-10-5-7-15(12(10)17)8-6-11(16)14-9-3-4-9/h9-10,13H,2-8H2,1H3,(H,14,16). The Labute approximate surface area is 102 Å². The third-order valence-electron chi connectivity index (χ3n) is 3.30. The van der Waals surface area contributed by atoms with Crippen LogP contribution in [0.15, 0.2) is 0 Å². The minimum Gasteiger partial charge on any atom is -0.353 e. The Balaban J connectivity index is 1.68. The largest absolute Gasteiger partial charge is 0.353 e. The minimum atomic E-state index is -0.0357. The number of likely N-dealkylation sites (tertiary alicyclic amines) is 1. The molecule has 1 aliphatic heterocycles. The van der Waals surface area contributed by atoms with Crippen molar-refractivity contribution in [3.8, 4) is 0 Å². The summed E-state index contributed by atoms with van der Waals surface area (Å²) >= 11 is 0. The average Bonchev–Trinajstić information content (AvgIpc) is 3.04. The molecule has 2 N–H and O–H groups in total. The molecular weight excluding hydrogens is 218 g/mol. The summed E-state index contributed by atoms with van der Waals surface area (Å²) in [6, 6.07) is 0.373. The summed E-state index contributed by atoms with van der Waals surface area (Å²) in [7, 11) is 0. The summed E-state index contributed by atoms with van der Waals surface area (Å²) in [5.41, 5.74) is 0. The number of nitrogens with zero attached hydrogens (tertiary/aromatic N) is 1. The SMILES string of the molecule is CCNC1CCN(CCC(=O)NC2CC2)C1=O. The van der Waals surface area contributed by atoms with E-state index in [2.05, 4.69) is 10.6 Å². The van der Waals surface area contributed by atoms with Crippen molar-refractivity contribution in [3.63, 3.8) is 0 Å². The molecule has 0 aromatic rings. The second kappa shape index (κ2) is 5.49. The van der Waals surface area contributed by atoms with Crippen molar-refractivity contribution in [2.75, 3.05) is 19.6 Å². The molecule has 17 heavy (non-hydrogen) atoms. The molecule has 0 aromatic heterocycles. The van der Waals surface area contributed by atoms with Gasteiger partial charge in [-0.15, -0.1) is 0 Å². The maximum Gasteiger partial charge on any atom is 0.239 e. The number of amides is 2. The quantitative estimate of drug-likeness (QED) is 0.678. The highest BCUT2D eigenvalue weighted by Gasteiger charge is 2.31. The topological polar surface area (TPSA) is 61.4 Å². The van der Waals surface area contributed by atoms with Gasteiger partial charge in [0.15, 0.2) is 0 Å². The summed E-state index contributed by atoms with van der Waals surface area (Å²) in [4.78, 5) is 25.2. The molecule has 5 nitrogen and oxygen atoms in total. The second-order valence-electron chi connectivity index (χ2n) is 4.82. The first kappa shape index (κ1) is 12.4. The van der Waals surface area contributed by atoms with Crippen molar-refractivity contribution in [1.29, 1.82) is 0 Å². The lowest BCUT2D eigenvalue weighted by atomic mass is 10.2. The summed E-state index contributed by atoms with van der Waals surface area (Å²) in [6.07, 6.45) is 3.51. The predicted molar refractivity (Wildman–Crippen MR) is 64.4 cm³/mol. The van der Waals surface area contributed by atoms with Gasteiger partial charge in [-0.05, 0) is 25.8 Å². The van der Waals surface area contributed by atoms with Gasteiger partial charge in [0.1, 0.15) is 0 Å². The molecule has 96 valence electrons. The summed E-state index contributed by atoms with van der Waals surface area (Å²) in [6.45, 7) is 4.14. The molecule has 5 heteroatoms. The monoisotopic (exact) mass is 239 g/mol. The summed E-state index contributed by atoms with van der Waals surface area (Å²) in [5.74, 6) is 0.221. The highest BCUT2D eigenvalue weighted by molar-refractivity contribution is 5.84. The molecule has 2 rings (SSSR count). The zero-order valence-corrected chi connectivity index (χ0v) is 10.4. The highest BCUT2D eigenvalue weighted by atomic mass is 16.2. The van der Waals surface area contributed by atoms with Gasteiger partial charge in [0.25, 0.3) is 0 Å². The normalized spacial score (nSPS) is 24.2. The van der Waals surface area contributed by atoms with E-state index in [1.54, 1.807) is 4.90 Å². The number of carbonyl (C=O) groups is 2. The lowest BCUT2D eigenvalue weighted by molar-refractivity contribution is -0.130. The fourth-order valence-corrected chi connectivity index (χ4v) is 2.16. The molecule has 1 heterocycles. The lowest BCUT2D eigenvalue weighted by Gasteiger charge is -2.16. The smallest absolute Gasteiger partial charge is 0.239 e. The molecule has 0 aromatic carbocycles. The van der Waals surface area contributed by atoms with Crippen molar-refractivity contribution in [1.82, 2.24) is 15.5 Å². The average molecular weight is 239 g/mol. The van der Waals surface area contributed by atoms with Crippen LogP contribution in [0.25, 0.3) is 0 Å². The summed E-state index contributed by atoms with van der Waals surface area (Å²) < 4.78 is 0. The Morgan fingerprint density at radius 2 is 2.18 bits per heavy atom. The highest BCUT2D eigenvalue weighted by Crippen LogP contribution is 2.18. The van der Waals surface area contributed by atoms with Crippen LogP contribution >= 0.6 is 0 Å². The van der Waals surface area contributed by atoms with Crippen molar-refractivity contribution >= 4 is 11.8 Å². The molecule has 1 atom stereocenters. The number of hydrogen-bond donors (Lipinski definition) is 2. The lowest BCUT2D eigenvalue weighted by Crippen LogP contribution is -2.39. The van der Waals surface area contributed by atoms with E-state index in [1.807, 2.05) is 6.92 Å². The molecule has 1 unspecified atom stereocenters. The van der Waals surface area contributed by atoms with Crippen LogP contribution in [0.4, 0.5) is 0 Å². The van der Waals surface area contributed by atoms with Gasteiger partial charge in [-0.1, -0.05) is 6.92 Å². The van der Waals surface area contributed by atoms with E-state index in [4.69, 9.17) is 0 Å². The number of carbonyl (C=O) groups excluding carboxylic acids is 2. The van der Waals surface area contributed by atoms with Crippen molar-refractivity contribution in [2.45, 2.75) is 44.7 Å². The van der Waals surface area contributed by atoms with Crippen LogP contribution in [-0.4, -0.2) is 48.4 Å². The van der Waals surface area contributed by atoms with Gasteiger partial charge in [-0.3, -0.25) is 9.59 Å². The molecule has 2 aliphatic rings. The number of rotatable bonds is 6. The number of likely N-dealkylation sites (N-methyl/N-ethyl adjacent to an activating group) is 1. The Kier molecular flexibility index (Phi) is 3.99. The van der Waals surface area contributed by atoms with Gasteiger partial charge in [0.2, 0.25) is 11.8 Å². The van der Waals surface area contributed by atoms with Gasteiger partial charge in [0.05, 0.1) is 6.04 Å². The molecule has 1 saturated carbocycles. The first-order valence-electron chi connectivity index (χ1n) is 6.52. The van der Waals surface area contributed by atoms with Crippen LogP contribution in [0.1, 0.15) is 32.6 Å². The van der Waals surface area contributed by atoms with Gasteiger partial charge in [0, 0.05) is 25.6 Å². The van der Waals surface area contributed by atoms with Crippen LogP contribution < -0.4 is 10.6 Å². The van der Waals surface area contributed by atoms with Crippen molar-refractivity contribution in [3.05, 3.63) is 0 Å². The fourth-order valence-electron chi connectivity index (χ4n) is 2.16. The molecule has 1 aliphatic carbocycles. The van der Waals surface area contributed by atoms with E-state index in [9.17, 15) is 9.59 Å². The molecule has 0 spiro atoms. The molecule has 0 radical (unpaired) electrons. The van der Waals surface area contributed by atoms with Crippen LogP contribution in [0.5, 0.6) is 0 Å². The van der Waals surface area contributed by atoms with E-state index < -0.39 is 0 Å². The fraction of sp³-hybridized carbons (Fsp3) is 0.833. The van der Waals surface area contributed by atoms with Crippen molar-refractivity contribution in [2.24, 2.45) is 0 Å². The molecule has 0 bridgehead atoms. The van der Waals surface area contributed by atoms with Crippen LogP contribution in [0.2, 0.25) is 0 Å². The van der Waals surface area contributed by atoms with E-state index in [-0.39, 0.29) is 17.9 Å². The van der Waals surface area contributed by atoms with Gasteiger partial charge in [-0.25, -0.2) is 0 Å². The minimum absolute atomic E-state index is 0.0357. The third-order valence-corrected chi connectivity index (χ3v) is 3.30. The Morgan fingerprint density at radius 1 is 1.41 bits per heavy atom. The first-order valence-corrected chi connectivity index (χ1v) is 6.52. The van der Waals surface area contributed by atoms with Crippen LogP contribution in [0.3, 0.4) is 0 Å². The van der Waals surface area contributed by atoms with E-state index >= 15 is 0 Å².